The van der Waals surface area contributed by atoms with E-state index in [0.29, 0.717) is 0 Å². The molecule has 25 heavy (non-hydrogen) atoms. The molecule has 2 atom stereocenters. The van der Waals surface area contributed by atoms with E-state index < -0.39 is 15.9 Å². The van der Waals surface area contributed by atoms with Gasteiger partial charge in [-0.2, -0.15) is 0 Å². The molecule has 128 valence electrons. The molecule has 2 aromatic rings. The van der Waals surface area contributed by atoms with Crippen LogP contribution in [-0.2, 0) is 15.9 Å². The standard InChI is InChI=1S/2C10H9.C2H4.2ClH.Zr/c2*1-8-4-2-5-9-6-3-7-10(8)9;1-2;;;/h2*2-7H,1H3;1H,2H3;2*1H;/q;;;;;+2/p-2. The molecular weight excluding hydrogens is 426 g/mol. The Bertz CT molecular complexity index is 931. The molecule has 2 unspecified atom stereocenters. The van der Waals surface area contributed by atoms with Crippen LogP contribution in [0.1, 0.15) is 47.6 Å². The van der Waals surface area contributed by atoms with Crippen molar-refractivity contribution in [3.63, 3.8) is 0 Å². The minimum absolute atomic E-state index is 0.116. The molecule has 2 aliphatic rings. The van der Waals surface area contributed by atoms with Gasteiger partial charge in [-0.3, -0.25) is 0 Å². The van der Waals surface area contributed by atoms with Gasteiger partial charge in [0.05, 0.1) is 0 Å². The Balaban J connectivity index is 1.93. The fourth-order valence-electron chi connectivity index (χ4n) is 4.51. The van der Waals surface area contributed by atoms with Crippen LogP contribution in [0.25, 0.3) is 12.2 Å². The van der Waals surface area contributed by atoms with Crippen LogP contribution in [0.4, 0.5) is 0 Å². The predicted octanol–water partition coefficient (Wildman–Crippen LogP) is 6.96. The summed E-state index contributed by atoms with van der Waals surface area (Å²) >= 11 is -4.35. The molecule has 0 aromatic heterocycles. The van der Waals surface area contributed by atoms with Crippen LogP contribution in [0, 0.1) is 13.8 Å². The predicted molar refractivity (Wildman–Crippen MR) is 109 cm³/mol. The van der Waals surface area contributed by atoms with Gasteiger partial charge in [-0.15, -0.1) is 0 Å². The molecule has 4 rings (SSSR count). The van der Waals surface area contributed by atoms with E-state index in [1.807, 2.05) is 0 Å². The third-order valence-corrected chi connectivity index (χ3v) is 25.2. The van der Waals surface area contributed by atoms with Gasteiger partial charge in [0.2, 0.25) is 0 Å². The Morgan fingerprint density at radius 1 is 0.800 bits per heavy atom. The van der Waals surface area contributed by atoms with Crippen LogP contribution in [0.2, 0.25) is 0 Å². The second kappa shape index (κ2) is 5.88. The number of aryl methyl sites for hydroxylation is 2. The topological polar surface area (TPSA) is 0 Å². The van der Waals surface area contributed by atoms with Crippen LogP contribution in [0.5, 0.6) is 0 Å². The van der Waals surface area contributed by atoms with E-state index in [9.17, 15) is 0 Å². The van der Waals surface area contributed by atoms with E-state index in [4.69, 9.17) is 17.0 Å². The number of allylic oxidation sites excluding steroid dienone is 2. The average molecular weight is 449 g/mol. The van der Waals surface area contributed by atoms with Gasteiger partial charge in [0.15, 0.2) is 0 Å². The van der Waals surface area contributed by atoms with Gasteiger partial charge >= 0.3 is 159 Å². The normalized spacial score (nSPS) is 21.4. The summed E-state index contributed by atoms with van der Waals surface area (Å²) in [5.74, 6) is 0. The Labute approximate surface area is 157 Å². The fraction of sp³-hybridized carbons (Fsp3) is 0.227. The summed E-state index contributed by atoms with van der Waals surface area (Å²) in [6, 6.07) is 12.9. The molecule has 2 aromatic carbocycles. The van der Waals surface area contributed by atoms with E-state index >= 15 is 0 Å². The maximum atomic E-state index is 7.57. The summed E-state index contributed by atoms with van der Waals surface area (Å²) in [5, 5.41) is 0. The monoisotopic (exact) mass is 446 g/mol. The molecule has 0 saturated heterocycles. The zero-order chi connectivity index (χ0) is 17.8. The molecule has 0 amide bonds. The van der Waals surface area contributed by atoms with E-state index in [1.165, 1.54) is 33.4 Å². The molecule has 3 heteroatoms. The van der Waals surface area contributed by atoms with Crippen LogP contribution >= 0.6 is 17.0 Å². The zero-order valence-electron chi connectivity index (χ0n) is 14.8. The van der Waals surface area contributed by atoms with Crippen molar-refractivity contribution in [3.8, 4) is 0 Å². The maximum absolute atomic E-state index is 7.57. The van der Waals surface area contributed by atoms with E-state index in [-0.39, 0.29) is 7.25 Å². The van der Waals surface area contributed by atoms with E-state index in [2.05, 4.69) is 85.2 Å². The first kappa shape index (κ1) is 17.7. The average Bonchev–Trinajstić information content (AvgIpc) is 3.21. The molecule has 2 aliphatic carbocycles. The van der Waals surface area contributed by atoms with Crippen LogP contribution in [-0.4, -0.2) is 3.71 Å². The van der Waals surface area contributed by atoms with E-state index in [1.54, 1.807) is 0 Å². The summed E-state index contributed by atoms with van der Waals surface area (Å²) in [7, 11) is 15.1. The number of benzene rings is 2. The van der Waals surface area contributed by atoms with Gasteiger partial charge in [0.1, 0.15) is 0 Å². The quantitative estimate of drug-likeness (QED) is 0.466. The van der Waals surface area contributed by atoms with Crippen molar-refractivity contribution in [2.45, 2.75) is 28.0 Å². The summed E-state index contributed by atoms with van der Waals surface area (Å²) < 4.78 is 2.42. The number of rotatable bonds is 2. The summed E-state index contributed by atoms with van der Waals surface area (Å²) in [6.07, 6.45) is 8.94. The molecule has 0 N–H and O–H groups in total. The number of fused-ring (bicyclic) bond motifs is 2. The number of halogens is 2. The molecule has 0 radical (unpaired) electrons. The Hall–Kier alpha value is -0.747. The van der Waals surface area contributed by atoms with Gasteiger partial charge in [0.25, 0.3) is 0 Å². The summed E-state index contributed by atoms with van der Waals surface area (Å²) in [4.78, 5) is 0. The molecule has 0 bridgehead atoms. The van der Waals surface area contributed by atoms with Crippen molar-refractivity contribution in [2.75, 3.05) is 0 Å². The second-order valence-corrected chi connectivity index (χ2v) is 29.0. The van der Waals surface area contributed by atoms with Gasteiger partial charge in [-0.05, 0) is 0 Å². The first-order chi connectivity index (χ1) is 11.9. The summed E-state index contributed by atoms with van der Waals surface area (Å²) in [6.45, 7) is 6.37. The zero-order valence-corrected chi connectivity index (χ0v) is 18.7. The summed E-state index contributed by atoms with van der Waals surface area (Å²) in [5.41, 5.74) is 7.75. The number of hydrogen-bond donors (Lipinski definition) is 0. The van der Waals surface area contributed by atoms with Gasteiger partial charge in [-0.25, -0.2) is 0 Å². The van der Waals surface area contributed by atoms with Gasteiger partial charge in [0, 0.05) is 0 Å². The SMILES string of the molecule is C[CH]=[Zr]([Cl])([Cl])([CH]1C=Cc2c(C)cccc21)[CH]1C=Cc2c(C)cccc21. The third-order valence-electron chi connectivity index (χ3n) is 6.04. The Kier molecular flexibility index (Phi) is 4.15. The molecular formula is C22H22Cl2Zr. The van der Waals surface area contributed by atoms with Gasteiger partial charge < -0.3 is 0 Å². The molecule has 0 saturated carbocycles. The third kappa shape index (κ3) is 2.47. The first-order valence-electron chi connectivity index (χ1n) is 8.80. The van der Waals surface area contributed by atoms with Crippen LogP contribution in [0.15, 0.2) is 48.6 Å². The molecule has 0 nitrogen and oxygen atoms in total. The van der Waals surface area contributed by atoms with Crippen molar-refractivity contribution < 1.29 is 15.9 Å². The van der Waals surface area contributed by atoms with E-state index in [0.717, 1.165) is 0 Å². The number of hydrogen-bond acceptors (Lipinski definition) is 0. The Morgan fingerprint density at radius 3 is 1.64 bits per heavy atom. The van der Waals surface area contributed by atoms with Crippen LogP contribution < -0.4 is 0 Å². The van der Waals surface area contributed by atoms with Crippen molar-refractivity contribution in [1.29, 1.82) is 0 Å². The molecule has 0 aliphatic heterocycles. The Morgan fingerprint density at radius 2 is 1.24 bits per heavy atom. The van der Waals surface area contributed by atoms with Crippen molar-refractivity contribution in [2.24, 2.45) is 0 Å². The van der Waals surface area contributed by atoms with Crippen molar-refractivity contribution >= 4 is 32.9 Å². The van der Waals surface area contributed by atoms with Gasteiger partial charge in [-0.1, -0.05) is 0 Å². The fourth-order valence-corrected chi connectivity index (χ4v) is 18.2. The second-order valence-electron chi connectivity index (χ2n) is 7.34. The molecule has 0 fully saturated rings. The van der Waals surface area contributed by atoms with Crippen LogP contribution in [0.3, 0.4) is 0 Å². The van der Waals surface area contributed by atoms with Crippen molar-refractivity contribution in [1.82, 2.24) is 0 Å². The van der Waals surface area contributed by atoms with Crippen molar-refractivity contribution in [3.05, 3.63) is 81.9 Å². The minimum atomic E-state index is -4.35. The molecule has 0 spiro atoms. The molecule has 0 heterocycles. The first-order valence-corrected chi connectivity index (χ1v) is 19.4.